The van der Waals surface area contributed by atoms with Gasteiger partial charge in [-0.3, -0.25) is 10.1 Å². The van der Waals surface area contributed by atoms with Crippen molar-refractivity contribution in [2.75, 3.05) is 0 Å². The van der Waals surface area contributed by atoms with Crippen LogP contribution in [-0.2, 0) is 4.79 Å². The number of allylic oxidation sites excluding steroid dienone is 2. The maximum Gasteiger partial charge on any atom is 0.395 e. The number of aliphatic carboxylic acids is 1. The zero-order valence-corrected chi connectivity index (χ0v) is 9.75. The number of nitro groups is 1. The van der Waals surface area contributed by atoms with Gasteiger partial charge in [-0.15, -0.1) is 0 Å². The minimum atomic E-state index is -3.09. The fraction of sp³-hybridized carbons (Fsp3) is 0.154. The highest BCUT2D eigenvalue weighted by Gasteiger charge is 2.52. The molecule has 1 aliphatic carbocycles. The van der Waals surface area contributed by atoms with E-state index in [1.165, 1.54) is 6.08 Å². The maximum atomic E-state index is 14.4. The van der Waals surface area contributed by atoms with Crippen molar-refractivity contribution in [2.45, 2.75) is 12.2 Å². The van der Waals surface area contributed by atoms with Gasteiger partial charge in [-0.2, -0.15) is 4.39 Å². The van der Waals surface area contributed by atoms with Crippen molar-refractivity contribution in [2.24, 2.45) is 0 Å². The number of hydrogen-bond acceptors (Lipinski definition) is 3. The number of alkyl halides is 1. The fourth-order valence-electron chi connectivity index (χ4n) is 1.97. The average molecular weight is 263 g/mol. The van der Waals surface area contributed by atoms with Crippen LogP contribution in [0.2, 0.25) is 0 Å². The zero-order valence-electron chi connectivity index (χ0n) is 9.75. The third-order valence-corrected chi connectivity index (χ3v) is 2.95. The molecule has 0 aromatic heterocycles. The Morgan fingerprint density at radius 1 is 1.32 bits per heavy atom. The third-order valence-electron chi connectivity index (χ3n) is 2.95. The molecule has 1 unspecified atom stereocenters. The second-order valence-electron chi connectivity index (χ2n) is 4.14. The Morgan fingerprint density at radius 3 is 2.47 bits per heavy atom. The van der Waals surface area contributed by atoms with Gasteiger partial charge < -0.3 is 5.11 Å². The van der Waals surface area contributed by atoms with Gasteiger partial charge in [-0.25, -0.2) is 4.79 Å². The molecule has 1 aromatic rings. The first-order valence-corrected chi connectivity index (χ1v) is 5.48. The molecule has 0 bridgehead atoms. The summed E-state index contributed by atoms with van der Waals surface area (Å²) in [6.45, 7) is 0. The molecule has 1 aromatic carbocycles. The Labute approximate surface area is 107 Å². The summed E-state index contributed by atoms with van der Waals surface area (Å²) < 4.78 is 14.4. The van der Waals surface area contributed by atoms with Crippen molar-refractivity contribution in [1.29, 1.82) is 0 Å². The molecule has 0 amide bonds. The van der Waals surface area contributed by atoms with Gasteiger partial charge in [0, 0.05) is 0 Å². The Hall–Kier alpha value is -2.50. The van der Waals surface area contributed by atoms with Gasteiger partial charge in [0.25, 0.3) is 0 Å². The highest BCUT2D eigenvalue weighted by molar-refractivity contribution is 5.91. The van der Waals surface area contributed by atoms with Crippen LogP contribution in [0.3, 0.4) is 0 Å². The summed E-state index contributed by atoms with van der Waals surface area (Å²) in [4.78, 5) is 20.6. The van der Waals surface area contributed by atoms with E-state index in [-0.39, 0.29) is 0 Å². The van der Waals surface area contributed by atoms with Crippen LogP contribution in [0, 0.1) is 10.1 Å². The minimum Gasteiger partial charge on any atom is -0.478 e. The first-order valence-electron chi connectivity index (χ1n) is 5.48. The molecular formula is C13H10FNO4. The summed E-state index contributed by atoms with van der Waals surface area (Å²) in [5, 5.41) is 19.7. The zero-order chi connectivity index (χ0) is 14.0. The minimum absolute atomic E-state index is 0.393. The number of hydrogen-bond donors (Lipinski definition) is 1. The van der Waals surface area contributed by atoms with E-state index < -0.39 is 28.7 Å². The lowest BCUT2D eigenvalue weighted by Crippen LogP contribution is -2.40. The second-order valence-corrected chi connectivity index (χ2v) is 4.14. The van der Waals surface area contributed by atoms with Crippen molar-refractivity contribution >= 4 is 11.5 Å². The lowest BCUT2D eigenvalue weighted by molar-refractivity contribution is -0.590. The average Bonchev–Trinajstić information content (AvgIpc) is 2.39. The molecule has 5 nitrogen and oxygen atoms in total. The van der Waals surface area contributed by atoms with Crippen molar-refractivity contribution in [1.82, 2.24) is 0 Å². The van der Waals surface area contributed by atoms with Crippen LogP contribution in [0.4, 0.5) is 4.39 Å². The lowest BCUT2D eigenvalue weighted by Gasteiger charge is -2.22. The molecule has 19 heavy (non-hydrogen) atoms. The van der Waals surface area contributed by atoms with Crippen LogP contribution in [-0.4, -0.2) is 21.8 Å². The molecule has 1 atom stereocenters. The lowest BCUT2D eigenvalue weighted by atomic mass is 9.88. The molecule has 0 spiro atoms. The predicted molar refractivity (Wildman–Crippen MR) is 65.6 cm³/mol. The number of benzene rings is 1. The smallest absolute Gasteiger partial charge is 0.395 e. The summed E-state index contributed by atoms with van der Waals surface area (Å²) in [5.41, 5.74) is 0.175. The molecule has 0 saturated heterocycles. The first-order chi connectivity index (χ1) is 8.95. The number of halogens is 1. The molecule has 1 aliphatic rings. The van der Waals surface area contributed by atoms with Crippen LogP contribution in [0.1, 0.15) is 12.0 Å². The molecule has 0 saturated carbocycles. The normalized spacial score (nSPS) is 22.4. The van der Waals surface area contributed by atoms with E-state index in [4.69, 9.17) is 5.11 Å². The van der Waals surface area contributed by atoms with Gasteiger partial charge in [0.1, 0.15) is 5.57 Å². The largest absolute Gasteiger partial charge is 0.478 e. The Bertz CT molecular complexity index is 594. The van der Waals surface area contributed by atoms with E-state index in [2.05, 4.69) is 0 Å². The number of carboxylic acid groups (broad SMARTS) is 1. The second kappa shape index (κ2) is 4.64. The third kappa shape index (κ3) is 2.24. The Balaban J connectivity index is 2.48. The van der Waals surface area contributed by atoms with Crippen LogP contribution in [0.25, 0.3) is 5.57 Å². The van der Waals surface area contributed by atoms with E-state index in [1.54, 1.807) is 30.3 Å². The number of carboxylic acids is 1. The standard InChI is InChI=1S/C13H10FNO4/c14-13(15(18)19)8-10(6-7-11(13)12(16)17)9-4-2-1-3-5-9/h1-7H,8H2,(H,16,17). The summed E-state index contributed by atoms with van der Waals surface area (Å²) in [5.74, 6) is -4.71. The topological polar surface area (TPSA) is 80.4 Å². The molecule has 0 heterocycles. The molecule has 0 radical (unpaired) electrons. The van der Waals surface area contributed by atoms with Gasteiger partial charge in [-0.05, 0) is 17.2 Å². The van der Waals surface area contributed by atoms with Crippen LogP contribution in [0.5, 0.6) is 0 Å². The molecular weight excluding hydrogens is 253 g/mol. The molecule has 6 heteroatoms. The monoisotopic (exact) mass is 263 g/mol. The highest BCUT2D eigenvalue weighted by atomic mass is 19.1. The Kier molecular flexibility index (Phi) is 3.16. The maximum absolute atomic E-state index is 14.4. The highest BCUT2D eigenvalue weighted by Crippen LogP contribution is 2.37. The summed E-state index contributed by atoms with van der Waals surface area (Å²) >= 11 is 0. The van der Waals surface area contributed by atoms with Gasteiger partial charge in [0.2, 0.25) is 0 Å². The fourth-order valence-corrected chi connectivity index (χ4v) is 1.97. The van der Waals surface area contributed by atoms with Gasteiger partial charge in [-0.1, -0.05) is 36.4 Å². The van der Waals surface area contributed by atoms with E-state index in [9.17, 15) is 19.3 Å². The van der Waals surface area contributed by atoms with Crippen molar-refractivity contribution in [3.63, 3.8) is 0 Å². The summed E-state index contributed by atoms with van der Waals surface area (Å²) in [6.07, 6.45) is 1.76. The van der Waals surface area contributed by atoms with Crippen molar-refractivity contribution in [3.05, 3.63) is 63.7 Å². The molecule has 0 aliphatic heterocycles. The number of rotatable bonds is 3. The number of carbonyl (C=O) groups is 1. The van der Waals surface area contributed by atoms with Crippen LogP contribution in [0.15, 0.2) is 48.1 Å². The van der Waals surface area contributed by atoms with E-state index in [0.717, 1.165) is 6.08 Å². The SMILES string of the molecule is O=C(O)C1=CC=C(c2ccccc2)CC1(F)[N+](=O)[O-]. The van der Waals surface area contributed by atoms with Crippen molar-refractivity contribution < 1.29 is 19.2 Å². The Morgan fingerprint density at radius 2 is 1.95 bits per heavy atom. The predicted octanol–water partition coefficient (Wildman–Crippen LogP) is 2.43. The summed E-state index contributed by atoms with van der Waals surface area (Å²) in [7, 11) is 0. The van der Waals surface area contributed by atoms with Gasteiger partial charge in [0.15, 0.2) is 0 Å². The first kappa shape index (κ1) is 12.9. The van der Waals surface area contributed by atoms with Crippen LogP contribution < -0.4 is 0 Å². The van der Waals surface area contributed by atoms with E-state index >= 15 is 0 Å². The number of nitrogens with zero attached hydrogens (tertiary/aromatic N) is 1. The van der Waals surface area contributed by atoms with E-state index in [0.29, 0.717) is 11.1 Å². The quantitative estimate of drug-likeness (QED) is 0.516. The van der Waals surface area contributed by atoms with Gasteiger partial charge in [0.05, 0.1) is 11.3 Å². The molecule has 2 rings (SSSR count). The molecule has 98 valence electrons. The molecule has 1 N–H and O–H groups in total. The van der Waals surface area contributed by atoms with E-state index in [1.807, 2.05) is 0 Å². The van der Waals surface area contributed by atoms with Crippen molar-refractivity contribution in [3.8, 4) is 0 Å². The van der Waals surface area contributed by atoms with Gasteiger partial charge >= 0.3 is 11.8 Å². The summed E-state index contributed by atoms with van der Waals surface area (Å²) in [6, 6.07) is 8.58. The molecule has 0 fully saturated rings. The van der Waals surface area contributed by atoms with Crippen LogP contribution >= 0.6 is 0 Å².